The lowest BCUT2D eigenvalue weighted by atomic mass is 9.92. The van der Waals surface area contributed by atoms with Crippen molar-refractivity contribution in [1.29, 1.82) is 0 Å². The molecule has 1 N–H and O–H groups in total. The van der Waals surface area contributed by atoms with Gasteiger partial charge in [-0.05, 0) is 37.2 Å². The first-order chi connectivity index (χ1) is 10.6. The van der Waals surface area contributed by atoms with E-state index in [-0.39, 0.29) is 12.5 Å². The predicted octanol–water partition coefficient (Wildman–Crippen LogP) is 3.29. The minimum atomic E-state index is -0.734. The predicted molar refractivity (Wildman–Crippen MR) is 82.4 cm³/mol. The van der Waals surface area contributed by atoms with Crippen LogP contribution >= 0.6 is 0 Å². The number of carboxylic acid groups (broad SMARTS) is 1. The summed E-state index contributed by atoms with van der Waals surface area (Å²) in [5.41, 5.74) is 0.986. The Balaban J connectivity index is 1.65. The second kappa shape index (κ2) is 8.41. The molecule has 120 valence electrons. The minimum Gasteiger partial charge on any atom is -0.481 e. The van der Waals surface area contributed by atoms with E-state index in [0.29, 0.717) is 25.6 Å². The molecule has 0 unspecified atom stereocenters. The molecule has 5 heteroatoms. The number of likely N-dealkylation sites (tertiary alicyclic amines) is 1. The van der Waals surface area contributed by atoms with Gasteiger partial charge in [0.1, 0.15) is 6.61 Å². The number of nitrogens with zero attached hydrogens (tertiary/aromatic N) is 1. The number of carbonyl (C=O) groups excluding carboxylic acids is 1. The van der Waals surface area contributed by atoms with Crippen molar-refractivity contribution in [2.24, 2.45) is 5.92 Å². The van der Waals surface area contributed by atoms with E-state index in [4.69, 9.17) is 9.84 Å². The van der Waals surface area contributed by atoms with Crippen molar-refractivity contribution in [2.75, 3.05) is 13.1 Å². The molecule has 0 aromatic heterocycles. The highest BCUT2D eigenvalue weighted by molar-refractivity contribution is 5.67. The highest BCUT2D eigenvalue weighted by Crippen LogP contribution is 2.23. The molecule has 1 aliphatic rings. The molecule has 1 saturated heterocycles. The summed E-state index contributed by atoms with van der Waals surface area (Å²) in [4.78, 5) is 24.3. The third-order valence-electron chi connectivity index (χ3n) is 4.08. The molecule has 22 heavy (non-hydrogen) atoms. The molecule has 0 spiro atoms. The zero-order chi connectivity index (χ0) is 15.8. The fourth-order valence-corrected chi connectivity index (χ4v) is 2.76. The summed E-state index contributed by atoms with van der Waals surface area (Å²) in [7, 11) is 0. The molecule has 0 radical (unpaired) electrons. The standard InChI is InChI=1S/C17H23NO4/c19-16(20)8-4-7-14-9-11-18(12-10-14)17(21)22-13-15-5-2-1-3-6-15/h1-3,5-6,14H,4,7-13H2,(H,19,20). The summed E-state index contributed by atoms with van der Waals surface area (Å²) in [6.45, 7) is 1.70. The fourth-order valence-electron chi connectivity index (χ4n) is 2.76. The number of hydrogen-bond acceptors (Lipinski definition) is 3. The Morgan fingerprint density at radius 1 is 1.18 bits per heavy atom. The number of amides is 1. The van der Waals surface area contributed by atoms with Crippen LogP contribution < -0.4 is 0 Å². The number of benzene rings is 1. The lowest BCUT2D eigenvalue weighted by Crippen LogP contribution is -2.38. The molecule has 1 heterocycles. The van der Waals surface area contributed by atoms with Crippen molar-refractivity contribution in [3.63, 3.8) is 0 Å². The zero-order valence-electron chi connectivity index (χ0n) is 12.7. The van der Waals surface area contributed by atoms with Gasteiger partial charge < -0.3 is 14.7 Å². The average molecular weight is 305 g/mol. The Hall–Kier alpha value is -2.04. The third kappa shape index (κ3) is 5.39. The maximum absolute atomic E-state index is 12.0. The van der Waals surface area contributed by atoms with E-state index in [0.717, 1.165) is 31.2 Å². The number of carbonyl (C=O) groups is 2. The summed E-state index contributed by atoms with van der Waals surface area (Å²) in [6, 6.07) is 9.64. The zero-order valence-corrected chi connectivity index (χ0v) is 12.7. The van der Waals surface area contributed by atoms with Crippen molar-refractivity contribution >= 4 is 12.1 Å². The third-order valence-corrected chi connectivity index (χ3v) is 4.08. The van der Waals surface area contributed by atoms with E-state index in [2.05, 4.69) is 0 Å². The van der Waals surface area contributed by atoms with Gasteiger partial charge in [-0.25, -0.2) is 4.79 Å². The Bertz CT molecular complexity index is 481. The smallest absolute Gasteiger partial charge is 0.410 e. The molecule has 1 fully saturated rings. The maximum atomic E-state index is 12.0. The number of hydrogen-bond donors (Lipinski definition) is 1. The molecule has 0 bridgehead atoms. The molecular weight excluding hydrogens is 282 g/mol. The van der Waals surface area contributed by atoms with Gasteiger partial charge in [-0.1, -0.05) is 30.3 Å². The lowest BCUT2D eigenvalue weighted by Gasteiger charge is -2.31. The Kier molecular flexibility index (Phi) is 6.25. The molecule has 1 aromatic carbocycles. The highest BCUT2D eigenvalue weighted by Gasteiger charge is 2.23. The van der Waals surface area contributed by atoms with Crippen LogP contribution in [0.1, 0.15) is 37.7 Å². The molecule has 0 atom stereocenters. The molecule has 0 saturated carbocycles. The van der Waals surface area contributed by atoms with Gasteiger partial charge in [-0.2, -0.15) is 0 Å². The van der Waals surface area contributed by atoms with Gasteiger partial charge in [0.2, 0.25) is 0 Å². The second-order valence-electron chi connectivity index (χ2n) is 5.76. The first-order valence-electron chi connectivity index (χ1n) is 7.82. The largest absolute Gasteiger partial charge is 0.481 e. The first-order valence-corrected chi connectivity index (χ1v) is 7.82. The SMILES string of the molecule is O=C(O)CCCC1CCN(C(=O)OCc2ccccc2)CC1. The molecule has 1 aliphatic heterocycles. The second-order valence-corrected chi connectivity index (χ2v) is 5.76. The first kappa shape index (κ1) is 16.3. The van der Waals surface area contributed by atoms with E-state index in [1.807, 2.05) is 30.3 Å². The maximum Gasteiger partial charge on any atom is 0.410 e. The van der Waals surface area contributed by atoms with Crippen molar-refractivity contribution in [2.45, 2.75) is 38.7 Å². The molecule has 2 rings (SSSR count). The number of piperidine rings is 1. The number of rotatable bonds is 6. The van der Waals surface area contributed by atoms with Crippen LogP contribution in [0.25, 0.3) is 0 Å². The fraction of sp³-hybridized carbons (Fsp3) is 0.529. The molecule has 1 aromatic rings. The number of ether oxygens (including phenoxy) is 1. The van der Waals surface area contributed by atoms with Crippen LogP contribution in [0.3, 0.4) is 0 Å². The Morgan fingerprint density at radius 2 is 1.86 bits per heavy atom. The monoisotopic (exact) mass is 305 g/mol. The summed E-state index contributed by atoms with van der Waals surface area (Å²) >= 11 is 0. The van der Waals surface area contributed by atoms with Crippen molar-refractivity contribution in [1.82, 2.24) is 4.90 Å². The minimum absolute atomic E-state index is 0.235. The molecule has 1 amide bonds. The van der Waals surface area contributed by atoms with E-state index in [9.17, 15) is 9.59 Å². The topological polar surface area (TPSA) is 66.8 Å². The number of aliphatic carboxylic acids is 1. The molecule has 5 nitrogen and oxygen atoms in total. The van der Waals surface area contributed by atoms with Crippen LogP contribution in [0, 0.1) is 5.92 Å². The summed E-state index contributed by atoms with van der Waals surface area (Å²) < 4.78 is 5.32. The Morgan fingerprint density at radius 3 is 2.50 bits per heavy atom. The van der Waals surface area contributed by atoms with Gasteiger partial charge in [0.25, 0.3) is 0 Å². The normalized spacial score (nSPS) is 15.5. The molecular formula is C17H23NO4. The lowest BCUT2D eigenvalue weighted by molar-refractivity contribution is -0.137. The van der Waals surface area contributed by atoms with Gasteiger partial charge in [0.15, 0.2) is 0 Å². The summed E-state index contributed by atoms with van der Waals surface area (Å²) in [5.74, 6) is -0.209. The number of carboxylic acids is 1. The Labute approximate surface area is 130 Å². The average Bonchev–Trinajstić information content (AvgIpc) is 2.54. The van der Waals surface area contributed by atoms with Crippen LogP contribution in [-0.2, 0) is 16.1 Å². The van der Waals surface area contributed by atoms with Crippen molar-refractivity contribution < 1.29 is 19.4 Å². The molecule has 0 aliphatic carbocycles. The van der Waals surface area contributed by atoms with E-state index >= 15 is 0 Å². The van der Waals surface area contributed by atoms with Crippen LogP contribution in [0.5, 0.6) is 0 Å². The van der Waals surface area contributed by atoms with Crippen molar-refractivity contribution in [3.8, 4) is 0 Å². The van der Waals surface area contributed by atoms with Crippen molar-refractivity contribution in [3.05, 3.63) is 35.9 Å². The van der Waals surface area contributed by atoms with Gasteiger partial charge in [-0.3, -0.25) is 4.79 Å². The quantitative estimate of drug-likeness (QED) is 0.875. The van der Waals surface area contributed by atoms with Gasteiger partial charge in [0.05, 0.1) is 0 Å². The van der Waals surface area contributed by atoms with Gasteiger partial charge in [-0.15, -0.1) is 0 Å². The van der Waals surface area contributed by atoms with Crippen LogP contribution in [0.4, 0.5) is 4.79 Å². The van der Waals surface area contributed by atoms with E-state index < -0.39 is 5.97 Å². The van der Waals surface area contributed by atoms with Gasteiger partial charge >= 0.3 is 12.1 Å². The van der Waals surface area contributed by atoms with E-state index in [1.165, 1.54) is 0 Å². The highest BCUT2D eigenvalue weighted by atomic mass is 16.6. The van der Waals surface area contributed by atoms with Crippen LogP contribution in [0.15, 0.2) is 30.3 Å². The summed E-state index contributed by atoms with van der Waals surface area (Å²) in [5, 5.41) is 8.64. The van der Waals surface area contributed by atoms with E-state index in [1.54, 1.807) is 4.90 Å². The van der Waals surface area contributed by atoms with Crippen LogP contribution in [-0.4, -0.2) is 35.2 Å². The summed E-state index contributed by atoms with van der Waals surface area (Å²) in [6.07, 6.45) is 3.49. The van der Waals surface area contributed by atoms with Gasteiger partial charge in [0, 0.05) is 19.5 Å². The van der Waals surface area contributed by atoms with Crippen LogP contribution in [0.2, 0.25) is 0 Å².